The van der Waals surface area contributed by atoms with Crippen LogP contribution in [0.25, 0.3) is 0 Å². The SMILES string of the molecule is CN(C)c1ccc(Cl)c(CO)c1Cl. The number of benzene rings is 1. The maximum Gasteiger partial charge on any atom is 0.0711 e. The first-order valence-electron chi connectivity index (χ1n) is 3.83. The van der Waals surface area contributed by atoms with Crippen LogP contribution in [-0.4, -0.2) is 19.2 Å². The normalized spacial score (nSPS) is 10.2. The van der Waals surface area contributed by atoms with Crippen molar-refractivity contribution in [2.45, 2.75) is 6.61 Å². The van der Waals surface area contributed by atoms with Crippen molar-refractivity contribution >= 4 is 28.9 Å². The maximum atomic E-state index is 9.02. The molecule has 0 aromatic heterocycles. The van der Waals surface area contributed by atoms with Crippen LogP contribution >= 0.6 is 23.2 Å². The molecule has 1 N–H and O–H groups in total. The second-order valence-electron chi connectivity index (χ2n) is 2.91. The van der Waals surface area contributed by atoms with Gasteiger partial charge in [-0.05, 0) is 12.1 Å². The van der Waals surface area contributed by atoms with Gasteiger partial charge in [0.25, 0.3) is 0 Å². The molecule has 0 saturated carbocycles. The van der Waals surface area contributed by atoms with Crippen molar-refractivity contribution in [2.75, 3.05) is 19.0 Å². The van der Waals surface area contributed by atoms with E-state index in [1.165, 1.54) is 0 Å². The summed E-state index contributed by atoms with van der Waals surface area (Å²) >= 11 is 11.9. The van der Waals surface area contributed by atoms with E-state index >= 15 is 0 Å². The van der Waals surface area contributed by atoms with Crippen LogP contribution < -0.4 is 4.90 Å². The molecule has 0 unspecified atom stereocenters. The van der Waals surface area contributed by atoms with Gasteiger partial charge in [0, 0.05) is 24.7 Å². The van der Waals surface area contributed by atoms with E-state index in [0.717, 1.165) is 5.69 Å². The topological polar surface area (TPSA) is 23.5 Å². The molecule has 0 bridgehead atoms. The predicted molar refractivity (Wildman–Crippen MR) is 56.7 cm³/mol. The summed E-state index contributed by atoms with van der Waals surface area (Å²) in [5.74, 6) is 0. The second kappa shape index (κ2) is 4.18. The molecule has 0 atom stereocenters. The molecule has 4 heteroatoms. The van der Waals surface area contributed by atoms with Crippen molar-refractivity contribution < 1.29 is 5.11 Å². The third kappa shape index (κ3) is 2.08. The Bertz CT molecular complexity index is 313. The minimum absolute atomic E-state index is 0.140. The van der Waals surface area contributed by atoms with Gasteiger partial charge in [0.15, 0.2) is 0 Å². The lowest BCUT2D eigenvalue weighted by Gasteiger charge is -2.16. The van der Waals surface area contributed by atoms with E-state index in [0.29, 0.717) is 15.6 Å². The Morgan fingerprint density at radius 2 is 1.92 bits per heavy atom. The number of halogens is 2. The summed E-state index contributed by atoms with van der Waals surface area (Å²) in [6.45, 7) is -0.140. The molecule has 0 aliphatic carbocycles. The van der Waals surface area contributed by atoms with Gasteiger partial charge in [0.2, 0.25) is 0 Å². The molecule has 1 aromatic carbocycles. The molecule has 72 valence electrons. The Balaban J connectivity index is 3.27. The molecule has 1 rings (SSSR count). The van der Waals surface area contributed by atoms with Crippen LogP contribution in [0.1, 0.15) is 5.56 Å². The lowest BCUT2D eigenvalue weighted by Crippen LogP contribution is -2.10. The fourth-order valence-corrected chi connectivity index (χ4v) is 1.73. The summed E-state index contributed by atoms with van der Waals surface area (Å²) in [5, 5.41) is 10.0. The lowest BCUT2D eigenvalue weighted by atomic mass is 10.2. The highest BCUT2D eigenvalue weighted by molar-refractivity contribution is 6.37. The second-order valence-corrected chi connectivity index (χ2v) is 3.70. The molecule has 2 nitrogen and oxygen atoms in total. The van der Waals surface area contributed by atoms with Gasteiger partial charge in [-0.3, -0.25) is 0 Å². The molecule has 0 amide bonds. The van der Waals surface area contributed by atoms with Crippen molar-refractivity contribution in [1.82, 2.24) is 0 Å². The Hall–Kier alpha value is -0.440. The number of anilines is 1. The minimum atomic E-state index is -0.140. The van der Waals surface area contributed by atoms with Gasteiger partial charge in [-0.2, -0.15) is 0 Å². The smallest absolute Gasteiger partial charge is 0.0711 e. The van der Waals surface area contributed by atoms with Crippen molar-refractivity contribution in [3.8, 4) is 0 Å². The number of hydrogen-bond donors (Lipinski definition) is 1. The summed E-state index contributed by atoms with van der Waals surface area (Å²) in [4.78, 5) is 1.87. The third-order valence-corrected chi connectivity index (χ3v) is 2.58. The van der Waals surface area contributed by atoms with Crippen molar-refractivity contribution in [3.05, 3.63) is 27.7 Å². The summed E-state index contributed by atoms with van der Waals surface area (Å²) < 4.78 is 0. The molecular weight excluding hydrogens is 209 g/mol. The van der Waals surface area contributed by atoms with Crippen LogP contribution in [0.5, 0.6) is 0 Å². The van der Waals surface area contributed by atoms with E-state index < -0.39 is 0 Å². The molecule has 0 aliphatic heterocycles. The zero-order valence-electron chi connectivity index (χ0n) is 7.51. The van der Waals surface area contributed by atoms with E-state index in [1.54, 1.807) is 6.07 Å². The highest BCUT2D eigenvalue weighted by atomic mass is 35.5. The number of nitrogens with zero attached hydrogens (tertiary/aromatic N) is 1. The molecule has 0 aliphatic rings. The zero-order valence-corrected chi connectivity index (χ0v) is 9.02. The fourth-order valence-electron chi connectivity index (χ4n) is 1.08. The highest BCUT2D eigenvalue weighted by Crippen LogP contribution is 2.32. The van der Waals surface area contributed by atoms with Gasteiger partial charge < -0.3 is 10.0 Å². The Morgan fingerprint density at radius 1 is 1.31 bits per heavy atom. The van der Waals surface area contributed by atoms with E-state index in [2.05, 4.69) is 0 Å². The maximum absolute atomic E-state index is 9.02. The molecular formula is C9H11Cl2NO. The Morgan fingerprint density at radius 3 is 2.38 bits per heavy atom. The average Bonchev–Trinajstić information content (AvgIpc) is 2.04. The predicted octanol–water partition coefficient (Wildman–Crippen LogP) is 2.55. The largest absolute Gasteiger partial charge is 0.392 e. The quantitative estimate of drug-likeness (QED) is 0.827. The molecule has 0 saturated heterocycles. The highest BCUT2D eigenvalue weighted by Gasteiger charge is 2.10. The van der Waals surface area contributed by atoms with Crippen LogP contribution in [-0.2, 0) is 6.61 Å². The van der Waals surface area contributed by atoms with Crippen LogP contribution in [0.4, 0.5) is 5.69 Å². The van der Waals surface area contributed by atoms with Crippen LogP contribution in [0.2, 0.25) is 10.0 Å². The summed E-state index contributed by atoms with van der Waals surface area (Å²) in [5.41, 5.74) is 1.43. The van der Waals surface area contributed by atoms with E-state index in [9.17, 15) is 0 Å². The van der Waals surface area contributed by atoms with Crippen molar-refractivity contribution in [2.24, 2.45) is 0 Å². The number of aliphatic hydroxyl groups is 1. The molecule has 13 heavy (non-hydrogen) atoms. The van der Waals surface area contributed by atoms with Gasteiger partial charge in [-0.15, -0.1) is 0 Å². The molecule has 0 radical (unpaired) electrons. The first-order chi connectivity index (χ1) is 6.07. The van der Waals surface area contributed by atoms with Crippen molar-refractivity contribution in [1.29, 1.82) is 0 Å². The Kier molecular flexibility index (Phi) is 3.42. The summed E-state index contributed by atoms with van der Waals surface area (Å²) in [7, 11) is 3.77. The van der Waals surface area contributed by atoms with E-state index in [-0.39, 0.29) is 6.61 Å². The third-order valence-electron chi connectivity index (χ3n) is 1.81. The van der Waals surface area contributed by atoms with Crippen LogP contribution in [0, 0.1) is 0 Å². The number of hydrogen-bond acceptors (Lipinski definition) is 2. The van der Waals surface area contributed by atoms with Crippen LogP contribution in [0.3, 0.4) is 0 Å². The van der Waals surface area contributed by atoms with Crippen LogP contribution in [0.15, 0.2) is 12.1 Å². The van der Waals surface area contributed by atoms with Gasteiger partial charge in [0.1, 0.15) is 0 Å². The van der Waals surface area contributed by atoms with Gasteiger partial charge in [-0.25, -0.2) is 0 Å². The number of aliphatic hydroxyl groups excluding tert-OH is 1. The fraction of sp³-hybridized carbons (Fsp3) is 0.333. The van der Waals surface area contributed by atoms with Gasteiger partial charge >= 0.3 is 0 Å². The molecule has 0 heterocycles. The summed E-state index contributed by atoms with van der Waals surface area (Å²) in [6, 6.07) is 3.55. The lowest BCUT2D eigenvalue weighted by molar-refractivity contribution is 0.282. The minimum Gasteiger partial charge on any atom is -0.392 e. The monoisotopic (exact) mass is 219 g/mol. The molecule has 0 fully saturated rings. The molecule has 0 spiro atoms. The standard InChI is InChI=1S/C9H11Cl2NO/c1-12(2)8-4-3-7(10)6(5-13)9(8)11/h3-4,13H,5H2,1-2H3. The van der Waals surface area contributed by atoms with Gasteiger partial charge in [0.05, 0.1) is 17.3 Å². The number of rotatable bonds is 2. The summed E-state index contributed by atoms with van der Waals surface area (Å²) in [6.07, 6.45) is 0. The average molecular weight is 220 g/mol. The van der Waals surface area contributed by atoms with Crippen molar-refractivity contribution in [3.63, 3.8) is 0 Å². The first-order valence-corrected chi connectivity index (χ1v) is 4.58. The molecule has 1 aromatic rings. The zero-order chi connectivity index (χ0) is 10.0. The van der Waals surface area contributed by atoms with E-state index in [1.807, 2.05) is 25.1 Å². The van der Waals surface area contributed by atoms with Gasteiger partial charge in [-0.1, -0.05) is 23.2 Å². The van der Waals surface area contributed by atoms with E-state index in [4.69, 9.17) is 28.3 Å². The Labute approximate surface area is 87.7 Å². The first kappa shape index (κ1) is 10.6.